The van der Waals surface area contributed by atoms with Crippen LogP contribution in [0.5, 0.6) is 0 Å². The van der Waals surface area contributed by atoms with Crippen LogP contribution in [0.25, 0.3) is 0 Å². The standard InChI is InChI=1S/C18H21N3O3S/c1-2-15(21-11-13-5-3-4-6-14(13)17(21)23)18(24)20(8-9-22)12-16-19-7-10-25-16/h3-7,10,15,22H,2,8-9,11-12H2,1H3/t15-/m1/s1. The highest BCUT2D eigenvalue weighted by atomic mass is 32.1. The number of amides is 2. The van der Waals surface area contributed by atoms with Crippen LogP contribution in [0.15, 0.2) is 35.8 Å². The van der Waals surface area contributed by atoms with Crippen LogP contribution in [0, 0.1) is 0 Å². The van der Waals surface area contributed by atoms with Crippen LogP contribution in [0.2, 0.25) is 0 Å². The molecule has 1 aromatic heterocycles. The number of aromatic nitrogens is 1. The number of fused-ring (bicyclic) bond motifs is 1. The van der Waals surface area contributed by atoms with E-state index in [-0.39, 0.29) is 25.0 Å². The Morgan fingerprint density at radius 3 is 2.88 bits per heavy atom. The van der Waals surface area contributed by atoms with Gasteiger partial charge in [0, 0.05) is 30.2 Å². The number of benzene rings is 1. The lowest BCUT2D eigenvalue weighted by Gasteiger charge is -2.31. The minimum atomic E-state index is -0.536. The predicted molar refractivity (Wildman–Crippen MR) is 95.0 cm³/mol. The number of carbonyl (C=O) groups excluding carboxylic acids is 2. The molecular weight excluding hydrogens is 338 g/mol. The van der Waals surface area contributed by atoms with Crippen LogP contribution in [0.1, 0.15) is 34.3 Å². The zero-order chi connectivity index (χ0) is 17.8. The van der Waals surface area contributed by atoms with Crippen molar-refractivity contribution in [2.45, 2.75) is 32.5 Å². The summed E-state index contributed by atoms with van der Waals surface area (Å²) in [5, 5.41) is 12.0. The van der Waals surface area contributed by atoms with Crippen LogP contribution in [-0.4, -0.2) is 50.9 Å². The van der Waals surface area contributed by atoms with E-state index in [0.717, 1.165) is 10.6 Å². The Morgan fingerprint density at radius 1 is 1.44 bits per heavy atom. The first-order valence-corrected chi connectivity index (χ1v) is 9.20. The van der Waals surface area contributed by atoms with Gasteiger partial charge in [0.15, 0.2) is 0 Å². The fraction of sp³-hybridized carbons (Fsp3) is 0.389. The fourth-order valence-electron chi connectivity index (χ4n) is 3.15. The molecule has 0 spiro atoms. The number of hydrogen-bond donors (Lipinski definition) is 1. The molecule has 1 atom stereocenters. The van der Waals surface area contributed by atoms with Crippen molar-refractivity contribution >= 4 is 23.2 Å². The van der Waals surface area contributed by atoms with Gasteiger partial charge in [-0.25, -0.2) is 4.98 Å². The van der Waals surface area contributed by atoms with Gasteiger partial charge >= 0.3 is 0 Å². The van der Waals surface area contributed by atoms with E-state index in [1.807, 2.05) is 30.5 Å². The fourth-order valence-corrected chi connectivity index (χ4v) is 3.78. The first-order valence-electron chi connectivity index (χ1n) is 8.32. The third-order valence-corrected chi connectivity index (χ3v) is 5.15. The van der Waals surface area contributed by atoms with Gasteiger partial charge in [-0.3, -0.25) is 9.59 Å². The minimum absolute atomic E-state index is 0.103. The molecule has 0 saturated heterocycles. The third-order valence-electron chi connectivity index (χ3n) is 4.39. The highest BCUT2D eigenvalue weighted by Crippen LogP contribution is 2.26. The predicted octanol–water partition coefficient (Wildman–Crippen LogP) is 1.90. The quantitative estimate of drug-likeness (QED) is 0.819. The maximum atomic E-state index is 13.1. The maximum Gasteiger partial charge on any atom is 0.255 e. The molecule has 0 bridgehead atoms. The molecule has 1 aromatic carbocycles. The first kappa shape index (κ1) is 17.6. The zero-order valence-corrected chi connectivity index (χ0v) is 14.9. The molecular formula is C18H21N3O3S. The van der Waals surface area contributed by atoms with E-state index in [1.54, 1.807) is 22.1 Å². The summed E-state index contributed by atoms with van der Waals surface area (Å²) in [7, 11) is 0. The number of carbonyl (C=O) groups is 2. The molecule has 0 unspecified atom stereocenters. The molecule has 2 aromatic rings. The molecule has 2 heterocycles. The van der Waals surface area contributed by atoms with Gasteiger partial charge in [0.1, 0.15) is 11.0 Å². The van der Waals surface area contributed by atoms with Crippen molar-refractivity contribution in [2.75, 3.05) is 13.2 Å². The molecule has 1 N–H and O–H groups in total. The van der Waals surface area contributed by atoms with Crippen LogP contribution in [0.3, 0.4) is 0 Å². The second kappa shape index (κ2) is 7.76. The number of thiazole rings is 1. The largest absolute Gasteiger partial charge is 0.395 e. The topological polar surface area (TPSA) is 73.7 Å². The summed E-state index contributed by atoms with van der Waals surface area (Å²) in [5.41, 5.74) is 1.62. The molecule has 25 heavy (non-hydrogen) atoms. The third kappa shape index (κ3) is 3.57. The summed E-state index contributed by atoms with van der Waals surface area (Å²) in [5.74, 6) is -0.248. The molecule has 7 heteroatoms. The average molecular weight is 359 g/mol. The second-order valence-corrected chi connectivity index (χ2v) is 6.90. The molecule has 0 radical (unpaired) electrons. The lowest BCUT2D eigenvalue weighted by atomic mass is 10.1. The summed E-state index contributed by atoms with van der Waals surface area (Å²) in [4.78, 5) is 33.2. The van der Waals surface area contributed by atoms with E-state index in [4.69, 9.17) is 0 Å². The zero-order valence-electron chi connectivity index (χ0n) is 14.1. The number of aliphatic hydroxyl groups is 1. The van der Waals surface area contributed by atoms with Gasteiger partial charge in [0.2, 0.25) is 5.91 Å². The lowest BCUT2D eigenvalue weighted by Crippen LogP contribution is -2.49. The highest BCUT2D eigenvalue weighted by Gasteiger charge is 2.37. The van der Waals surface area contributed by atoms with Crippen molar-refractivity contribution in [1.29, 1.82) is 0 Å². The smallest absolute Gasteiger partial charge is 0.255 e. The minimum Gasteiger partial charge on any atom is -0.395 e. The van der Waals surface area contributed by atoms with Crippen LogP contribution < -0.4 is 0 Å². The molecule has 1 aliphatic rings. The summed E-state index contributed by atoms with van der Waals surface area (Å²) in [6.45, 7) is 2.80. The van der Waals surface area contributed by atoms with E-state index in [0.29, 0.717) is 25.1 Å². The van der Waals surface area contributed by atoms with Gasteiger partial charge in [-0.05, 0) is 18.1 Å². The van der Waals surface area contributed by atoms with Crippen molar-refractivity contribution < 1.29 is 14.7 Å². The van der Waals surface area contributed by atoms with E-state index in [1.165, 1.54) is 11.3 Å². The number of aliphatic hydroxyl groups excluding tert-OH is 1. The Balaban J connectivity index is 1.79. The Labute approximate surface area is 150 Å². The first-order chi connectivity index (χ1) is 12.2. The number of hydrogen-bond acceptors (Lipinski definition) is 5. The van der Waals surface area contributed by atoms with Gasteiger partial charge in [-0.15, -0.1) is 11.3 Å². The molecule has 132 valence electrons. The number of rotatable bonds is 7. The van der Waals surface area contributed by atoms with Crippen LogP contribution in [-0.2, 0) is 17.9 Å². The van der Waals surface area contributed by atoms with Gasteiger partial charge in [0.05, 0.1) is 13.2 Å². The van der Waals surface area contributed by atoms with Gasteiger partial charge in [0.25, 0.3) is 5.91 Å². The Hall–Kier alpha value is -2.25. The average Bonchev–Trinajstić information content (AvgIpc) is 3.24. The van der Waals surface area contributed by atoms with E-state index < -0.39 is 6.04 Å². The molecule has 2 amide bonds. The molecule has 0 saturated carbocycles. The lowest BCUT2D eigenvalue weighted by molar-refractivity contribution is -0.137. The second-order valence-electron chi connectivity index (χ2n) is 5.92. The van der Waals surface area contributed by atoms with Crippen molar-refractivity contribution in [3.63, 3.8) is 0 Å². The molecule has 3 rings (SSSR count). The van der Waals surface area contributed by atoms with E-state index >= 15 is 0 Å². The highest BCUT2D eigenvalue weighted by molar-refractivity contribution is 7.09. The van der Waals surface area contributed by atoms with Crippen molar-refractivity contribution in [2.24, 2.45) is 0 Å². The van der Waals surface area contributed by atoms with Crippen LogP contribution >= 0.6 is 11.3 Å². The monoisotopic (exact) mass is 359 g/mol. The van der Waals surface area contributed by atoms with Crippen LogP contribution in [0.4, 0.5) is 0 Å². The van der Waals surface area contributed by atoms with Crippen molar-refractivity contribution in [3.05, 3.63) is 52.0 Å². The van der Waals surface area contributed by atoms with Gasteiger partial charge < -0.3 is 14.9 Å². The van der Waals surface area contributed by atoms with E-state index in [9.17, 15) is 14.7 Å². The Morgan fingerprint density at radius 2 is 2.24 bits per heavy atom. The SMILES string of the molecule is CC[C@H](C(=O)N(CCO)Cc1nccs1)N1Cc2ccccc2C1=O. The maximum absolute atomic E-state index is 13.1. The Kier molecular flexibility index (Phi) is 5.45. The molecule has 0 fully saturated rings. The van der Waals surface area contributed by atoms with Crippen molar-refractivity contribution in [1.82, 2.24) is 14.8 Å². The molecule has 6 nitrogen and oxygen atoms in total. The summed E-state index contributed by atoms with van der Waals surface area (Å²) < 4.78 is 0. The normalized spacial score (nSPS) is 14.5. The van der Waals surface area contributed by atoms with Gasteiger partial charge in [-0.2, -0.15) is 0 Å². The summed E-state index contributed by atoms with van der Waals surface area (Å²) in [6, 6.07) is 6.93. The molecule has 1 aliphatic heterocycles. The van der Waals surface area contributed by atoms with E-state index in [2.05, 4.69) is 4.98 Å². The summed E-state index contributed by atoms with van der Waals surface area (Å²) in [6.07, 6.45) is 2.22. The molecule has 0 aliphatic carbocycles. The Bertz CT molecular complexity index is 748. The van der Waals surface area contributed by atoms with Gasteiger partial charge in [-0.1, -0.05) is 25.1 Å². The van der Waals surface area contributed by atoms with Crippen molar-refractivity contribution in [3.8, 4) is 0 Å². The summed E-state index contributed by atoms with van der Waals surface area (Å²) >= 11 is 1.47. The number of nitrogens with zero attached hydrogens (tertiary/aromatic N) is 3.